The van der Waals surface area contributed by atoms with Crippen LogP contribution in [-0.4, -0.2) is 52.0 Å². The summed E-state index contributed by atoms with van der Waals surface area (Å²) in [6.07, 6.45) is 0. The van der Waals surface area contributed by atoms with Crippen LogP contribution in [0.1, 0.15) is 5.89 Å². The van der Waals surface area contributed by atoms with Gasteiger partial charge in [0.1, 0.15) is 6.04 Å². The first-order valence-corrected chi connectivity index (χ1v) is 6.66. The molecule has 0 spiro atoms. The fourth-order valence-corrected chi connectivity index (χ4v) is 2.24. The molecule has 1 saturated heterocycles. The molecule has 0 saturated carbocycles. The lowest BCUT2D eigenvalue weighted by Crippen LogP contribution is -2.49. The van der Waals surface area contributed by atoms with Gasteiger partial charge in [-0.05, 0) is 12.1 Å². The van der Waals surface area contributed by atoms with Crippen LogP contribution in [0.25, 0.3) is 11.5 Å². The molecule has 7 nitrogen and oxygen atoms in total. The zero-order chi connectivity index (χ0) is 14.7. The predicted molar refractivity (Wildman–Crippen MR) is 72.4 cm³/mol. The lowest BCUT2D eigenvalue weighted by atomic mass is 10.2. The standard InChI is InChI=1S/C14H15N3O4/c18-14(19)11-9-20-7-6-17(11)8-12-15-16-13(21-12)10-4-2-1-3-5-10/h1-5,11H,6-9H2,(H,18,19). The van der Waals surface area contributed by atoms with Gasteiger partial charge in [-0.25, -0.2) is 0 Å². The van der Waals surface area contributed by atoms with Crippen molar-refractivity contribution >= 4 is 5.97 Å². The molecule has 1 N–H and O–H groups in total. The molecule has 1 aromatic heterocycles. The lowest BCUT2D eigenvalue weighted by Gasteiger charge is -2.31. The Morgan fingerprint density at radius 1 is 1.33 bits per heavy atom. The molecular weight excluding hydrogens is 274 g/mol. The maximum Gasteiger partial charge on any atom is 0.323 e. The molecule has 110 valence electrons. The molecule has 1 unspecified atom stereocenters. The molecule has 0 amide bonds. The molecule has 2 heterocycles. The van der Waals surface area contributed by atoms with E-state index in [1.54, 1.807) is 4.90 Å². The van der Waals surface area contributed by atoms with Gasteiger partial charge in [0.05, 0.1) is 19.8 Å². The molecule has 0 aliphatic carbocycles. The van der Waals surface area contributed by atoms with Gasteiger partial charge in [0, 0.05) is 12.1 Å². The van der Waals surface area contributed by atoms with Crippen molar-refractivity contribution in [1.82, 2.24) is 15.1 Å². The summed E-state index contributed by atoms with van der Waals surface area (Å²) in [5.41, 5.74) is 0.841. The van der Waals surface area contributed by atoms with Crippen LogP contribution in [0.2, 0.25) is 0 Å². The lowest BCUT2D eigenvalue weighted by molar-refractivity contribution is -0.150. The van der Waals surface area contributed by atoms with Crippen LogP contribution in [-0.2, 0) is 16.1 Å². The molecule has 3 rings (SSSR count). The van der Waals surface area contributed by atoms with Crippen LogP contribution in [0.4, 0.5) is 0 Å². The van der Waals surface area contributed by atoms with Gasteiger partial charge in [0.15, 0.2) is 0 Å². The van der Waals surface area contributed by atoms with Crippen LogP contribution in [0.15, 0.2) is 34.7 Å². The largest absolute Gasteiger partial charge is 0.480 e. The summed E-state index contributed by atoms with van der Waals surface area (Å²) in [5, 5.41) is 17.2. The highest BCUT2D eigenvalue weighted by atomic mass is 16.5. The van der Waals surface area contributed by atoms with Crippen molar-refractivity contribution in [3.05, 3.63) is 36.2 Å². The highest BCUT2D eigenvalue weighted by molar-refractivity contribution is 5.73. The highest BCUT2D eigenvalue weighted by Crippen LogP contribution is 2.19. The first kappa shape index (κ1) is 13.7. The van der Waals surface area contributed by atoms with Crippen LogP contribution < -0.4 is 0 Å². The van der Waals surface area contributed by atoms with Crippen molar-refractivity contribution in [2.45, 2.75) is 12.6 Å². The zero-order valence-corrected chi connectivity index (χ0v) is 11.3. The van der Waals surface area contributed by atoms with Crippen molar-refractivity contribution in [3.8, 4) is 11.5 Å². The van der Waals surface area contributed by atoms with Crippen molar-refractivity contribution in [2.75, 3.05) is 19.8 Å². The number of aromatic nitrogens is 2. The molecule has 0 bridgehead atoms. The summed E-state index contributed by atoms with van der Waals surface area (Å²) < 4.78 is 10.8. The minimum atomic E-state index is -0.905. The van der Waals surface area contributed by atoms with E-state index >= 15 is 0 Å². The number of benzene rings is 1. The third-order valence-electron chi connectivity index (χ3n) is 3.35. The minimum absolute atomic E-state index is 0.176. The molecule has 1 aliphatic heterocycles. The maximum absolute atomic E-state index is 11.2. The van der Waals surface area contributed by atoms with Gasteiger partial charge in [-0.15, -0.1) is 10.2 Å². The second-order valence-electron chi connectivity index (χ2n) is 4.77. The second-order valence-corrected chi connectivity index (χ2v) is 4.77. The van der Waals surface area contributed by atoms with E-state index in [2.05, 4.69) is 10.2 Å². The molecule has 0 radical (unpaired) electrons. The normalized spacial score (nSPS) is 19.5. The van der Waals surface area contributed by atoms with Crippen molar-refractivity contribution < 1.29 is 19.1 Å². The first-order valence-electron chi connectivity index (χ1n) is 6.66. The molecule has 1 aromatic carbocycles. The predicted octanol–water partition coefficient (Wildman–Crippen LogP) is 1.02. The number of nitrogens with zero attached hydrogens (tertiary/aromatic N) is 3. The number of morpholine rings is 1. The fraction of sp³-hybridized carbons (Fsp3) is 0.357. The Hall–Kier alpha value is -2.25. The minimum Gasteiger partial charge on any atom is -0.480 e. The summed E-state index contributed by atoms with van der Waals surface area (Å²) in [7, 11) is 0. The van der Waals surface area contributed by atoms with Crippen LogP contribution in [0, 0.1) is 0 Å². The summed E-state index contributed by atoms with van der Waals surface area (Å²) in [4.78, 5) is 13.0. The molecular formula is C14H15N3O4. The van der Waals surface area contributed by atoms with Gasteiger partial charge in [-0.1, -0.05) is 18.2 Å². The monoisotopic (exact) mass is 289 g/mol. The molecule has 1 aliphatic rings. The van der Waals surface area contributed by atoms with Crippen LogP contribution in [0.3, 0.4) is 0 Å². The topological polar surface area (TPSA) is 88.7 Å². The number of hydrogen-bond donors (Lipinski definition) is 1. The van der Waals surface area contributed by atoms with E-state index in [4.69, 9.17) is 9.15 Å². The number of carboxylic acids is 1. The van der Waals surface area contributed by atoms with Gasteiger partial charge in [0.25, 0.3) is 0 Å². The molecule has 1 fully saturated rings. The van der Waals surface area contributed by atoms with Crippen molar-refractivity contribution in [2.24, 2.45) is 0 Å². The number of aliphatic carboxylic acids is 1. The number of ether oxygens (including phenoxy) is 1. The third-order valence-corrected chi connectivity index (χ3v) is 3.35. The third kappa shape index (κ3) is 3.09. The molecule has 7 heteroatoms. The van der Waals surface area contributed by atoms with Gasteiger partial charge < -0.3 is 14.3 Å². The van der Waals surface area contributed by atoms with E-state index in [0.717, 1.165) is 5.56 Å². The maximum atomic E-state index is 11.2. The van der Waals surface area contributed by atoms with Crippen molar-refractivity contribution in [1.29, 1.82) is 0 Å². The summed E-state index contributed by atoms with van der Waals surface area (Å²) in [6.45, 7) is 1.51. The van der Waals surface area contributed by atoms with E-state index in [0.29, 0.717) is 31.5 Å². The fourth-order valence-electron chi connectivity index (χ4n) is 2.24. The summed E-state index contributed by atoms with van der Waals surface area (Å²) in [5.74, 6) is -0.0646. The summed E-state index contributed by atoms with van der Waals surface area (Å²) >= 11 is 0. The zero-order valence-electron chi connectivity index (χ0n) is 11.3. The Morgan fingerprint density at radius 3 is 2.90 bits per heavy atom. The van der Waals surface area contributed by atoms with Crippen LogP contribution in [0.5, 0.6) is 0 Å². The average molecular weight is 289 g/mol. The van der Waals surface area contributed by atoms with E-state index in [-0.39, 0.29) is 6.61 Å². The van der Waals surface area contributed by atoms with E-state index in [1.165, 1.54) is 0 Å². The molecule has 1 atom stereocenters. The number of hydrogen-bond acceptors (Lipinski definition) is 6. The summed E-state index contributed by atoms with van der Waals surface area (Å²) in [6, 6.07) is 8.78. The molecule has 21 heavy (non-hydrogen) atoms. The van der Waals surface area contributed by atoms with Gasteiger partial charge in [0.2, 0.25) is 11.8 Å². The van der Waals surface area contributed by atoms with Crippen LogP contribution >= 0.6 is 0 Å². The van der Waals surface area contributed by atoms with Gasteiger partial charge in [-0.2, -0.15) is 0 Å². The van der Waals surface area contributed by atoms with E-state index in [1.807, 2.05) is 30.3 Å². The van der Waals surface area contributed by atoms with Gasteiger partial charge >= 0.3 is 5.97 Å². The number of carboxylic acid groups (broad SMARTS) is 1. The Morgan fingerprint density at radius 2 is 2.14 bits per heavy atom. The SMILES string of the molecule is O=C(O)C1COCCN1Cc1nnc(-c2ccccc2)o1. The quantitative estimate of drug-likeness (QED) is 0.898. The van der Waals surface area contributed by atoms with Gasteiger partial charge in [-0.3, -0.25) is 9.69 Å². The van der Waals surface area contributed by atoms with E-state index in [9.17, 15) is 9.90 Å². The second kappa shape index (κ2) is 6.02. The smallest absolute Gasteiger partial charge is 0.323 e. The Bertz CT molecular complexity index is 614. The number of carbonyl (C=O) groups is 1. The Labute approximate surface area is 121 Å². The van der Waals surface area contributed by atoms with Crippen molar-refractivity contribution in [3.63, 3.8) is 0 Å². The Balaban J connectivity index is 1.73. The average Bonchev–Trinajstić information content (AvgIpc) is 2.97. The Kier molecular flexibility index (Phi) is 3.94. The molecule has 2 aromatic rings. The first-order chi connectivity index (χ1) is 10.2. The highest BCUT2D eigenvalue weighted by Gasteiger charge is 2.30. The van der Waals surface area contributed by atoms with E-state index < -0.39 is 12.0 Å². The number of rotatable bonds is 4.